The maximum atomic E-state index is 8.80. The van der Waals surface area contributed by atoms with E-state index in [1.807, 2.05) is 6.92 Å². The van der Waals surface area contributed by atoms with Gasteiger partial charge in [-0.2, -0.15) is 0 Å². The molecule has 0 spiro atoms. The Bertz CT molecular complexity index is 44.5. The topological polar surface area (TPSA) is 29.5 Å². The van der Waals surface area contributed by atoms with Gasteiger partial charge in [0, 0.05) is 6.61 Å². The van der Waals surface area contributed by atoms with Crippen molar-refractivity contribution in [1.82, 2.24) is 0 Å². The van der Waals surface area contributed by atoms with Gasteiger partial charge in [-0.15, -0.1) is 0 Å². The molecule has 2 heteroatoms. The first-order chi connectivity index (χ1) is 3.06. The molecule has 0 fully saturated rings. The molecule has 0 bridgehead atoms. The highest BCUT2D eigenvalue weighted by atomic mass is 16.6. The van der Waals surface area contributed by atoms with Gasteiger partial charge in [0.15, 0.2) is 5.79 Å². The number of hydrogen-bond donors (Lipinski definition) is 1. The molecule has 0 radical (unpaired) electrons. The van der Waals surface area contributed by atoms with Crippen molar-refractivity contribution in [2.75, 3.05) is 6.61 Å². The Labute approximate surface area is 44.1 Å². The van der Waals surface area contributed by atoms with E-state index in [2.05, 4.69) is 0 Å². The zero-order valence-corrected chi connectivity index (χ0v) is 5.06. The molecule has 1 N–H and O–H groups in total. The van der Waals surface area contributed by atoms with E-state index in [1.54, 1.807) is 13.8 Å². The summed E-state index contributed by atoms with van der Waals surface area (Å²) in [7, 11) is 0. The fraction of sp³-hybridized carbons (Fsp3) is 1.00. The van der Waals surface area contributed by atoms with Crippen LogP contribution in [0.1, 0.15) is 20.8 Å². The van der Waals surface area contributed by atoms with Crippen LogP contribution in [0.25, 0.3) is 0 Å². The van der Waals surface area contributed by atoms with Gasteiger partial charge in [0.25, 0.3) is 0 Å². The van der Waals surface area contributed by atoms with E-state index in [0.29, 0.717) is 6.61 Å². The highest BCUT2D eigenvalue weighted by Crippen LogP contribution is 2.00. The summed E-state index contributed by atoms with van der Waals surface area (Å²) in [5.74, 6) is -0.950. The highest BCUT2D eigenvalue weighted by Gasteiger charge is 2.08. The van der Waals surface area contributed by atoms with Gasteiger partial charge in [-0.1, -0.05) is 0 Å². The van der Waals surface area contributed by atoms with Crippen LogP contribution in [-0.4, -0.2) is 17.5 Å². The van der Waals surface area contributed by atoms with Crippen molar-refractivity contribution in [3.05, 3.63) is 0 Å². The third kappa shape index (κ3) is 5.92. The molecule has 7 heavy (non-hydrogen) atoms. The van der Waals surface area contributed by atoms with Gasteiger partial charge in [-0.05, 0) is 20.8 Å². The normalized spacial score (nSPS) is 12.0. The molecule has 0 rings (SSSR count). The van der Waals surface area contributed by atoms with E-state index in [0.717, 1.165) is 0 Å². The molecule has 0 heterocycles. The number of rotatable bonds is 2. The summed E-state index contributed by atoms with van der Waals surface area (Å²) in [6, 6.07) is 0. The van der Waals surface area contributed by atoms with Crippen LogP contribution in [0.5, 0.6) is 0 Å². The van der Waals surface area contributed by atoms with Crippen LogP contribution >= 0.6 is 0 Å². The lowest BCUT2D eigenvalue weighted by molar-refractivity contribution is -0.172. The minimum atomic E-state index is -0.950. The van der Waals surface area contributed by atoms with Crippen molar-refractivity contribution in [3.63, 3.8) is 0 Å². The summed E-state index contributed by atoms with van der Waals surface area (Å²) in [6.07, 6.45) is 0. The molecular formula is C5H12O2. The van der Waals surface area contributed by atoms with Crippen LogP contribution < -0.4 is 0 Å². The van der Waals surface area contributed by atoms with Gasteiger partial charge in [-0.25, -0.2) is 0 Å². The second-order valence-electron chi connectivity index (χ2n) is 1.88. The van der Waals surface area contributed by atoms with Crippen LogP contribution in [-0.2, 0) is 4.74 Å². The van der Waals surface area contributed by atoms with E-state index in [9.17, 15) is 0 Å². The van der Waals surface area contributed by atoms with Crippen LogP contribution in [0, 0.1) is 0 Å². The second-order valence-corrected chi connectivity index (χ2v) is 1.88. The zero-order chi connectivity index (χ0) is 5.91. The van der Waals surface area contributed by atoms with Crippen molar-refractivity contribution in [2.45, 2.75) is 26.6 Å². The third-order valence-corrected chi connectivity index (χ3v) is 0.498. The minimum Gasteiger partial charge on any atom is -0.366 e. The Morgan fingerprint density at radius 2 is 2.00 bits per heavy atom. The molecule has 2 nitrogen and oxygen atoms in total. The second kappa shape index (κ2) is 2.28. The number of ether oxygens (including phenoxy) is 1. The smallest absolute Gasteiger partial charge is 0.159 e. The molecule has 0 aromatic carbocycles. The number of hydrogen-bond acceptors (Lipinski definition) is 2. The van der Waals surface area contributed by atoms with Gasteiger partial charge < -0.3 is 9.84 Å². The molecule has 0 aromatic rings. The molecule has 44 valence electrons. The molecule has 0 aliphatic rings. The van der Waals surface area contributed by atoms with Crippen LogP contribution in [0.3, 0.4) is 0 Å². The Kier molecular flexibility index (Phi) is 2.26. The lowest BCUT2D eigenvalue weighted by Crippen LogP contribution is -2.22. The van der Waals surface area contributed by atoms with Crippen LogP contribution in [0.2, 0.25) is 0 Å². The average Bonchev–Trinajstić information content (AvgIpc) is 1.30. The van der Waals surface area contributed by atoms with Crippen LogP contribution in [0.15, 0.2) is 0 Å². The predicted octanol–water partition coefficient (Wildman–Crippen LogP) is 0.751. The molecule has 0 amide bonds. The minimum absolute atomic E-state index is 0.559. The Morgan fingerprint density at radius 1 is 1.57 bits per heavy atom. The maximum Gasteiger partial charge on any atom is 0.159 e. The van der Waals surface area contributed by atoms with Crippen molar-refractivity contribution in [1.29, 1.82) is 0 Å². The first-order valence-corrected chi connectivity index (χ1v) is 2.42. The highest BCUT2D eigenvalue weighted by molar-refractivity contribution is 4.44. The Morgan fingerprint density at radius 3 is 2.00 bits per heavy atom. The van der Waals surface area contributed by atoms with Crippen molar-refractivity contribution in [3.8, 4) is 0 Å². The van der Waals surface area contributed by atoms with Crippen LogP contribution in [0.4, 0.5) is 0 Å². The molecular weight excluding hydrogens is 92.1 g/mol. The maximum absolute atomic E-state index is 8.80. The SMILES string of the molecule is CCOC(C)(C)O. The number of aliphatic hydroxyl groups is 1. The standard InChI is InChI=1S/C5H12O2/c1-4-7-5(2,3)6/h6H,4H2,1-3H3. The summed E-state index contributed by atoms with van der Waals surface area (Å²) in [5, 5.41) is 8.80. The quantitative estimate of drug-likeness (QED) is 0.524. The van der Waals surface area contributed by atoms with Gasteiger partial charge >= 0.3 is 0 Å². The Balaban J connectivity index is 3.15. The molecule has 0 aliphatic heterocycles. The Hall–Kier alpha value is -0.0800. The van der Waals surface area contributed by atoms with Gasteiger partial charge in [0.2, 0.25) is 0 Å². The first-order valence-electron chi connectivity index (χ1n) is 2.42. The fourth-order valence-corrected chi connectivity index (χ4v) is 0.353. The molecule has 0 saturated heterocycles. The molecule has 0 saturated carbocycles. The average molecular weight is 104 g/mol. The van der Waals surface area contributed by atoms with Gasteiger partial charge in [0.1, 0.15) is 0 Å². The van der Waals surface area contributed by atoms with E-state index in [-0.39, 0.29) is 0 Å². The summed E-state index contributed by atoms with van der Waals surface area (Å²) in [5.41, 5.74) is 0. The van der Waals surface area contributed by atoms with E-state index in [4.69, 9.17) is 9.84 Å². The zero-order valence-electron chi connectivity index (χ0n) is 5.06. The van der Waals surface area contributed by atoms with Crippen molar-refractivity contribution >= 4 is 0 Å². The molecule has 0 unspecified atom stereocenters. The fourth-order valence-electron chi connectivity index (χ4n) is 0.353. The predicted molar refractivity (Wildman–Crippen MR) is 27.9 cm³/mol. The summed E-state index contributed by atoms with van der Waals surface area (Å²) in [6.45, 7) is 5.62. The summed E-state index contributed by atoms with van der Waals surface area (Å²) < 4.78 is 4.78. The summed E-state index contributed by atoms with van der Waals surface area (Å²) >= 11 is 0. The third-order valence-electron chi connectivity index (χ3n) is 0.498. The van der Waals surface area contributed by atoms with Crippen molar-refractivity contribution < 1.29 is 9.84 Å². The van der Waals surface area contributed by atoms with E-state index in [1.165, 1.54) is 0 Å². The first kappa shape index (κ1) is 6.92. The molecule has 0 aliphatic carbocycles. The lowest BCUT2D eigenvalue weighted by atomic mass is 10.4. The lowest BCUT2D eigenvalue weighted by Gasteiger charge is -2.15. The van der Waals surface area contributed by atoms with Gasteiger partial charge in [-0.3, -0.25) is 0 Å². The van der Waals surface area contributed by atoms with Crippen molar-refractivity contribution in [2.24, 2.45) is 0 Å². The summed E-state index contributed by atoms with van der Waals surface area (Å²) in [4.78, 5) is 0. The monoisotopic (exact) mass is 104 g/mol. The van der Waals surface area contributed by atoms with E-state index < -0.39 is 5.79 Å². The van der Waals surface area contributed by atoms with E-state index >= 15 is 0 Å². The molecule has 0 atom stereocenters. The largest absolute Gasteiger partial charge is 0.366 e. The van der Waals surface area contributed by atoms with Gasteiger partial charge in [0.05, 0.1) is 0 Å². The molecule has 0 aromatic heterocycles.